The minimum atomic E-state index is -4.55. The SMILES string of the molecule is C/C=C(\CC)c1ccc2[nH]c(=O)cc(C(F)(F)F)c2c1. The summed E-state index contributed by atoms with van der Waals surface area (Å²) >= 11 is 0. The smallest absolute Gasteiger partial charge is 0.322 e. The van der Waals surface area contributed by atoms with E-state index in [-0.39, 0.29) is 10.9 Å². The Morgan fingerprint density at radius 3 is 2.55 bits per heavy atom. The molecule has 20 heavy (non-hydrogen) atoms. The first-order chi connectivity index (χ1) is 9.36. The van der Waals surface area contributed by atoms with Crippen molar-refractivity contribution < 1.29 is 13.2 Å². The molecule has 2 rings (SSSR count). The topological polar surface area (TPSA) is 32.9 Å². The second kappa shape index (κ2) is 5.15. The number of aromatic nitrogens is 1. The fraction of sp³-hybridized carbons (Fsp3) is 0.267. The summed E-state index contributed by atoms with van der Waals surface area (Å²) < 4.78 is 39.1. The van der Waals surface area contributed by atoms with E-state index < -0.39 is 17.3 Å². The maximum Gasteiger partial charge on any atom is 0.417 e. The van der Waals surface area contributed by atoms with Crippen molar-refractivity contribution in [1.82, 2.24) is 4.98 Å². The second-order valence-corrected chi connectivity index (χ2v) is 4.47. The van der Waals surface area contributed by atoms with Gasteiger partial charge in [0.05, 0.1) is 5.56 Å². The summed E-state index contributed by atoms with van der Waals surface area (Å²) in [5, 5.41) is 0.0161. The van der Waals surface area contributed by atoms with Gasteiger partial charge in [-0.2, -0.15) is 13.2 Å². The fourth-order valence-corrected chi connectivity index (χ4v) is 2.26. The van der Waals surface area contributed by atoms with Crippen LogP contribution in [0.1, 0.15) is 31.4 Å². The number of H-pyrrole nitrogens is 1. The summed E-state index contributed by atoms with van der Waals surface area (Å²) in [6.07, 6.45) is -1.94. The Morgan fingerprint density at radius 2 is 2.00 bits per heavy atom. The molecule has 1 aromatic heterocycles. The lowest BCUT2D eigenvalue weighted by Gasteiger charge is -2.12. The normalized spacial score (nSPS) is 12.9. The van der Waals surface area contributed by atoms with Gasteiger partial charge in [-0.15, -0.1) is 0 Å². The molecule has 0 aliphatic rings. The lowest BCUT2D eigenvalue weighted by molar-refractivity contribution is -0.136. The van der Waals surface area contributed by atoms with Gasteiger partial charge in [-0.25, -0.2) is 0 Å². The molecular weight excluding hydrogens is 267 g/mol. The first-order valence-corrected chi connectivity index (χ1v) is 6.26. The molecule has 2 nitrogen and oxygen atoms in total. The highest BCUT2D eigenvalue weighted by atomic mass is 19.4. The van der Waals surface area contributed by atoms with Gasteiger partial charge in [-0.1, -0.05) is 19.1 Å². The van der Waals surface area contributed by atoms with Crippen molar-refractivity contribution in [2.24, 2.45) is 0 Å². The monoisotopic (exact) mass is 281 g/mol. The molecule has 0 aliphatic carbocycles. The quantitative estimate of drug-likeness (QED) is 0.871. The fourth-order valence-electron chi connectivity index (χ4n) is 2.26. The first-order valence-electron chi connectivity index (χ1n) is 6.26. The number of nitrogens with one attached hydrogen (secondary N) is 1. The van der Waals surface area contributed by atoms with Crippen molar-refractivity contribution in [2.75, 3.05) is 0 Å². The number of alkyl halides is 3. The molecule has 1 N–H and O–H groups in total. The molecule has 5 heteroatoms. The van der Waals surface area contributed by atoms with Crippen LogP contribution in [0, 0.1) is 0 Å². The number of hydrogen-bond donors (Lipinski definition) is 1. The highest BCUT2D eigenvalue weighted by molar-refractivity contribution is 5.86. The lowest BCUT2D eigenvalue weighted by Crippen LogP contribution is -2.14. The van der Waals surface area contributed by atoms with E-state index in [1.54, 1.807) is 6.07 Å². The van der Waals surface area contributed by atoms with Crippen LogP contribution in [0.15, 0.2) is 35.1 Å². The minimum absolute atomic E-state index is 0.0161. The molecule has 106 valence electrons. The zero-order valence-electron chi connectivity index (χ0n) is 11.1. The zero-order valence-corrected chi connectivity index (χ0v) is 11.1. The molecule has 0 spiro atoms. The molecule has 2 aromatic rings. The molecule has 1 heterocycles. The molecule has 0 unspecified atom stereocenters. The summed E-state index contributed by atoms with van der Waals surface area (Å²) in [7, 11) is 0. The van der Waals surface area contributed by atoms with Crippen LogP contribution in [0.4, 0.5) is 13.2 Å². The third-order valence-electron chi connectivity index (χ3n) is 3.25. The summed E-state index contributed by atoms with van der Waals surface area (Å²) in [5.74, 6) is 0. The Labute approximate surface area is 113 Å². The van der Waals surface area contributed by atoms with E-state index in [1.807, 2.05) is 19.9 Å². The van der Waals surface area contributed by atoms with Crippen molar-refractivity contribution in [3.05, 3.63) is 51.8 Å². The predicted molar refractivity (Wildman–Crippen MR) is 73.5 cm³/mol. The maximum atomic E-state index is 13.0. The molecule has 0 amide bonds. The highest BCUT2D eigenvalue weighted by Gasteiger charge is 2.33. The Balaban J connectivity index is 2.79. The van der Waals surface area contributed by atoms with Crippen molar-refractivity contribution in [2.45, 2.75) is 26.4 Å². The largest absolute Gasteiger partial charge is 0.417 e. The average molecular weight is 281 g/mol. The van der Waals surface area contributed by atoms with Gasteiger partial charge in [0, 0.05) is 17.0 Å². The van der Waals surface area contributed by atoms with Crippen molar-refractivity contribution in [3.63, 3.8) is 0 Å². The standard InChI is InChI=1S/C15H14F3NO/c1-3-9(4-2)10-5-6-13-11(7-10)12(15(16,17)18)8-14(20)19-13/h3,5-8H,4H2,1-2H3,(H,19,20)/b9-3+. The number of aromatic amines is 1. The number of allylic oxidation sites excluding steroid dienone is 2. The molecule has 0 fully saturated rings. The van der Waals surface area contributed by atoms with Gasteiger partial charge < -0.3 is 4.98 Å². The van der Waals surface area contributed by atoms with E-state index in [4.69, 9.17) is 0 Å². The third-order valence-corrected chi connectivity index (χ3v) is 3.25. The van der Waals surface area contributed by atoms with Gasteiger partial charge in [-0.3, -0.25) is 4.79 Å². The summed E-state index contributed by atoms with van der Waals surface area (Å²) in [5.41, 5.74) is 0.246. The van der Waals surface area contributed by atoms with Gasteiger partial charge in [0.2, 0.25) is 5.56 Å². The Kier molecular flexibility index (Phi) is 3.70. The maximum absolute atomic E-state index is 13.0. The van der Waals surface area contributed by atoms with E-state index in [9.17, 15) is 18.0 Å². The van der Waals surface area contributed by atoms with Gasteiger partial charge in [0.25, 0.3) is 0 Å². The van der Waals surface area contributed by atoms with Crippen molar-refractivity contribution >= 4 is 16.5 Å². The summed E-state index contributed by atoms with van der Waals surface area (Å²) in [6, 6.07) is 5.32. The molecule has 1 aromatic carbocycles. The number of pyridine rings is 1. The second-order valence-electron chi connectivity index (χ2n) is 4.47. The molecule has 0 saturated heterocycles. The van der Waals surface area contributed by atoms with Crippen LogP contribution in [0.2, 0.25) is 0 Å². The van der Waals surface area contributed by atoms with E-state index in [0.717, 1.165) is 17.6 Å². The Hall–Kier alpha value is -2.04. The van der Waals surface area contributed by atoms with Crippen LogP contribution >= 0.6 is 0 Å². The number of fused-ring (bicyclic) bond motifs is 1. The van der Waals surface area contributed by atoms with E-state index in [1.165, 1.54) is 12.1 Å². The molecule has 0 atom stereocenters. The number of benzene rings is 1. The van der Waals surface area contributed by atoms with E-state index >= 15 is 0 Å². The van der Waals surface area contributed by atoms with Gasteiger partial charge in [0.15, 0.2) is 0 Å². The first kappa shape index (κ1) is 14.4. The van der Waals surface area contributed by atoms with Gasteiger partial charge in [-0.05, 0) is 36.6 Å². The van der Waals surface area contributed by atoms with Crippen LogP contribution in [0.3, 0.4) is 0 Å². The number of hydrogen-bond acceptors (Lipinski definition) is 1. The Morgan fingerprint density at radius 1 is 1.30 bits per heavy atom. The van der Waals surface area contributed by atoms with Crippen LogP contribution < -0.4 is 5.56 Å². The average Bonchev–Trinajstić information content (AvgIpc) is 2.38. The number of rotatable bonds is 2. The third kappa shape index (κ3) is 2.61. The van der Waals surface area contributed by atoms with Crippen LogP contribution in [0.25, 0.3) is 16.5 Å². The lowest BCUT2D eigenvalue weighted by atomic mass is 9.99. The summed E-state index contributed by atoms with van der Waals surface area (Å²) in [4.78, 5) is 13.7. The van der Waals surface area contributed by atoms with Crippen molar-refractivity contribution in [3.8, 4) is 0 Å². The molecule has 0 aliphatic heterocycles. The Bertz CT molecular complexity index is 726. The molecule has 0 saturated carbocycles. The predicted octanol–water partition coefficient (Wildman–Crippen LogP) is 4.36. The van der Waals surface area contributed by atoms with Crippen molar-refractivity contribution in [1.29, 1.82) is 0 Å². The van der Waals surface area contributed by atoms with Crippen LogP contribution in [-0.4, -0.2) is 4.98 Å². The molecular formula is C15H14F3NO. The summed E-state index contributed by atoms with van der Waals surface area (Å²) in [6.45, 7) is 3.79. The van der Waals surface area contributed by atoms with Gasteiger partial charge >= 0.3 is 6.18 Å². The van der Waals surface area contributed by atoms with Gasteiger partial charge in [0.1, 0.15) is 0 Å². The molecule has 0 radical (unpaired) electrons. The highest BCUT2D eigenvalue weighted by Crippen LogP contribution is 2.34. The van der Waals surface area contributed by atoms with E-state index in [0.29, 0.717) is 6.07 Å². The zero-order chi connectivity index (χ0) is 14.9. The molecule has 0 bridgehead atoms. The number of halogens is 3. The van der Waals surface area contributed by atoms with E-state index in [2.05, 4.69) is 4.98 Å². The van der Waals surface area contributed by atoms with Crippen LogP contribution in [0.5, 0.6) is 0 Å². The van der Waals surface area contributed by atoms with Crippen LogP contribution in [-0.2, 0) is 6.18 Å². The minimum Gasteiger partial charge on any atom is -0.322 e.